The van der Waals surface area contributed by atoms with E-state index in [4.69, 9.17) is 14.2 Å². The van der Waals surface area contributed by atoms with Gasteiger partial charge in [-0.05, 0) is 22.0 Å². The zero-order valence-electron chi connectivity index (χ0n) is 9.87. The highest BCUT2D eigenvalue weighted by atomic mass is 16.7. The predicted molar refractivity (Wildman–Crippen MR) is 58.9 cm³/mol. The van der Waals surface area contributed by atoms with Gasteiger partial charge in [-0.3, -0.25) is 0 Å². The van der Waals surface area contributed by atoms with E-state index in [2.05, 4.69) is 4.98 Å². The summed E-state index contributed by atoms with van der Waals surface area (Å²) in [4.78, 5) is 14.0. The lowest BCUT2D eigenvalue weighted by Crippen LogP contribution is -2.22. The predicted octanol–water partition coefficient (Wildman–Crippen LogP) is 1.30. The highest BCUT2D eigenvalue weighted by Gasteiger charge is 2.18. The summed E-state index contributed by atoms with van der Waals surface area (Å²) in [5, 5.41) is 10.8. The van der Waals surface area contributed by atoms with Gasteiger partial charge in [-0.25, -0.2) is 0 Å². The number of aromatic nitrogens is 1. The minimum Gasteiger partial charge on any atom is -0.480 e. The zero-order valence-corrected chi connectivity index (χ0v) is 9.87. The summed E-state index contributed by atoms with van der Waals surface area (Å²) in [5.41, 5.74) is 0.555. The molecule has 1 aromatic rings. The molecule has 7 heteroatoms. The molecule has 0 aliphatic carbocycles. The second kappa shape index (κ2) is 6.12. The number of nitrogens with zero attached hydrogens (tertiary/aromatic N) is 2. The van der Waals surface area contributed by atoms with Gasteiger partial charge in [0.25, 0.3) is 0 Å². The van der Waals surface area contributed by atoms with Crippen LogP contribution in [0.15, 0.2) is 12.1 Å². The Bertz CT molecular complexity index is 392. The van der Waals surface area contributed by atoms with E-state index in [1.807, 2.05) is 0 Å². The summed E-state index contributed by atoms with van der Waals surface area (Å²) in [6.07, 6.45) is -0.573. The third-order valence-electron chi connectivity index (χ3n) is 2.05. The fourth-order valence-electron chi connectivity index (χ4n) is 1.16. The molecule has 0 aliphatic rings. The Morgan fingerprint density at radius 3 is 2.59 bits per heavy atom. The van der Waals surface area contributed by atoms with Crippen LogP contribution in [0.25, 0.3) is 0 Å². The molecule has 17 heavy (non-hydrogen) atoms. The molecule has 0 saturated heterocycles. The van der Waals surface area contributed by atoms with E-state index in [0.29, 0.717) is 5.69 Å². The van der Waals surface area contributed by atoms with Crippen molar-refractivity contribution in [3.05, 3.63) is 27.9 Å². The van der Waals surface area contributed by atoms with Crippen LogP contribution in [0.4, 0.5) is 5.82 Å². The Balaban J connectivity index is 2.80. The maximum Gasteiger partial charge on any atom is 0.406 e. The maximum absolute atomic E-state index is 10.8. The highest BCUT2D eigenvalue weighted by molar-refractivity contribution is 5.40. The molecule has 0 spiro atoms. The van der Waals surface area contributed by atoms with Crippen molar-refractivity contribution in [3.8, 4) is 5.75 Å². The van der Waals surface area contributed by atoms with Crippen LogP contribution < -0.4 is 4.74 Å². The normalized spacial score (nSPS) is 10.6. The topological polar surface area (TPSA) is 83.7 Å². The summed E-state index contributed by atoms with van der Waals surface area (Å²) < 4.78 is 15.1. The summed E-state index contributed by atoms with van der Waals surface area (Å²) in [7, 11) is 2.92. The molecule has 0 aromatic carbocycles. The van der Waals surface area contributed by atoms with E-state index in [9.17, 15) is 10.1 Å². The number of hydrogen-bond donors (Lipinski definition) is 0. The first-order valence-electron chi connectivity index (χ1n) is 4.89. The number of hydrogen-bond acceptors (Lipinski definition) is 6. The third kappa shape index (κ3) is 3.65. The van der Waals surface area contributed by atoms with Crippen LogP contribution in [0.2, 0.25) is 0 Å². The van der Waals surface area contributed by atoms with Crippen molar-refractivity contribution in [2.45, 2.75) is 13.2 Å². The lowest BCUT2D eigenvalue weighted by molar-refractivity contribution is -0.390. The van der Waals surface area contributed by atoms with Crippen molar-refractivity contribution in [2.24, 2.45) is 0 Å². The van der Waals surface area contributed by atoms with Crippen LogP contribution in [-0.4, -0.2) is 37.0 Å². The van der Waals surface area contributed by atoms with Crippen molar-refractivity contribution in [3.63, 3.8) is 0 Å². The molecule has 0 bridgehead atoms. The minimum absolute atomic E-state index is 0.0541. The minimum atomic E-state index is -0.586. The summed E-state index contributed by atoms with van der Waals surface area (Å²) in [5.74, 6) is -0.212. The first-order chi connectivity index (χ1) is 8.08. The molecule has 0 aliphatic heterocycles. The monoisotopic (exact) mass is 242 g/mol. The second-order valence-electron chi connectivity index (χ2n) is 3.24. The van der Waals surface area contributed by atoms with Gasteiger partial charge in [0.2, 0.25) is 5.75 Å². The van der Waals surface area contributed by atoms with Crippen LogP contribution in [0.1, 0.15) is 5.69 Å². The van der Waals surface area contributed by atoms with Gasteiger partial charge in [-0.2, -0.15) is 0 Å². The average Bonchev–Trinajstić information content (AvgIpc) is 2.31. The standard InChI is InChI=1S/C10H14N2O5/c1-7-4-5-8(10(11-7)12(13)14)17-6-9(15-2)16-3/h4-5,9H,6H2,1-3H3. The molecular weight excluding hydrogens is 228 g/mol. The van der Waals surface area contributed by atoms with E-state index in [1.165, 1.54) is 20.3 Å². The summed E-state index contributed by atoms with van der Waals surface area (Å²) in [6.45, 7) is 1.72. The Kier molecular flexibility index (Phi) is 4.80. The van der Waals surface area contributed by atoms with Gasteiger partial charge in [0.15, 0.2) is 6.29 Å². The molecule has 0 unspecified atom stereocenters. The van der Waals surface area contributed by atoms with E-state index in [-0.39, 0.29) is 18.2 Å². The summed E-state index contributed by atoms with van der Waals surface area (Å²) >= 11 is 0. The number of ether oxygens (including phenoxy) is 3. The van der Waals surface area contributed by atoms with Gasteiger partial charge in [0.05, 0.1) is 0 Å². The molecule has 1 rings (SSSR count). The number of methoxy groups -OCH3 is 2. The van der Waals surface area contributed by atoms with E-state index >= 15 is 0 Å². The Morgan fingerprint density at radius 1 is 1.41 bits per heavy atom. The van der Waals surface area contributed by atoms with Crippen LogP contribution >= 0.6 is 0 Å². The quantitative estimate of drug-likeness (QED) is 0.424. The van der Waals surface area contributed by atoms with E-state index in [0.717, 1.165) is 0 Å². The van der Waals surface area contributed by atoms with E-state index in [1.54, 1.807) is 13.0 Å². The molecule has 1 heterocycles. The fraction of sp³-hybridized carbons (Fsp3) is 0.500. The fourth-order valence-corrected chi connectivity index (χ4v) is 1.16. The lowest BCUT2D eigenvalue weighted by Gasteiger charge is -2.13. The van der Waals surface area contributed by atoms with Crippen LogP contribution in [0, 0.1) is 17.0 Å². The van der Waals surface area contributed by atoms with Gasteiger partial charge in [-0.1, -0.05) is 0 Å². The Morgan fingerprint density at radius 2 is 2.06 bits per heavy atom. The maximum atomic E-state index is 10.8. The largest absolute Gasteiger partial charge is 0.480 e. The van der Waals surface area contributed by atoms with Gasteiger partial charge in [0.1, 0.15) is 12.3 Å². The molecule has 0 radical (unpaired) electrons. The number of pyridine rings is 1. The number of rotatable bonds is 6. The SMILES string of the molecule is COC(COc1ccc(C)nc1[N+](=O)[O-])OC. The first kappa shape index (κ1) is 13.3. The van der Waals surface area contributed by atoms with Crippen molar-refractivity contribution in [1.82, 2.24) is 4.98 Å². The molecule has 1 aromatic heterocycles. The van der Waals surface area contributed by atoms with Crippen molar-refractivity contribution in [1.29, 1.82) is 0 Å². The van der Waals surface area contributed by atoms with Crippen molar-refractivity contribution < 1.29 is 19.1 Å². The smallest absolute Gasteiger partial charge is 0.406 e. The number of aryl methyl sites for hydroxylation is 1. The van der Waals surface area contributed by atoms with Crippen LogP contribution in [0.5, 0.6) is 5.75 Å². The second-order valence-corrected chi connectivity index (χ2v) is 3.24. The van der Waals surface area contributed by atoms with Gasteiger partial charge in [-0.15, -0.1) is 0 Å². The zero-order chi connectivity index (χ0) is 12.8. The van der Waals surface area contributed by atoms with Crippen LogP contribution in [0.3, 0.4) is 0 Å². The molecule has 94 valence electrons. The van der Waals surface area contributed by atoms with E-state index < -0.39 is 11.2 Å². The molecule has 0 atom stereocenters. The molecular formula is C10H14N2O5. The van der Waals surface area contributed by atoms with Gasteiger partial charge < -0.3 is 24.3 Å². The van der Waals surface area contributed by atoms with Gasteiger partial charge in [0, 0.05) is 21.1 Å². The lowest BCUT2D eigenvalue weighted by atomic mass is 10.3. The molecule has 0 saturated carbocycles. The molecule has 0 amide bonds. The highest BCUT2D eigenvalue weighted by Crippen LogP contribution is 2.24. The number of nitro groups is 1. The average molecular weight is 242 g/mol. The molecule has 0 N–H and O–H groups in total. The van der Waals surface area contributed by atoms with Crippen LogP contribution in [-0.2, 0) is 9.47 Å². The van der Waals surface area contributed by atoms with Crippen molar-refractivity contribution >= 4 is 5.82 Å². The Labute approximate surface area is 98.5 Å². The molecule has 7 nitrogen and oxygen atoms in total. The first-order valence-corrected chi connectivity index (χ1v) is 4.89. The Hall–Kier alpha value is -1.73. The molecule has 0 fully saturated rings. The summed E-state index contributed by atoms with van der Waals surface area (Å²) in [6, 6.07) is 3.14. The third-order valence-corrected chi connectivity index (χ3v) is 2.05. The van der Waals surface area contributed by atoms with Crippen molar-refractivity contribution in [2.75, 3.05) is 20.8 Å². The van der Waals surface area contributed by atoms with Gasteiger partial charge >= 0.3 is 5.82 Å².